The minimum Gasteiger partial charge on any atom is -0.375 e. The van der Waals surface area contributed by atoms with Gasteiger partial charge >= 0.3 is 0 Å². The molecule has 5 rings (SSSR count). The van der Waals surface area contributed by atoms with Gasteiger partial charge in [0, 0.05) is 21.2 Å². The standard InChI is InChI=1S/C29H30N3O2P3/c1-24(33)29(2,34)35(3)30-36(25-16-8-4-9-17-25,26-18-10-5-11-19-26)32-37(31-35,27-20-12-6-13-21-27)28-22-14-7-15-23-28/h4-23,34H,1-3H3. The number of nitrogens with zero attached hydrogens (tertiary/aromatic N) is 3. The van der Waals surface area contributed by atoms with Gasteiger partial charge in [-0.25, -0.2) is 13.5 Å². The predicted octanol–water partition coefficient (Wildman–Crippen LogP) is 6.58. The van der Waals surface area contributed by atoms with E-state index in [1.165, 1.54) is 6.92 Å². The Hall–Kier alpha value is -2.80. The number of carbonyl (C=O) groups is 1. The molecule has 0 saturated carbocycles. The molecule has 0 aliphatic carbocycles. The van der Waals surface area contributed by atoms with Crippen molar-refractivity contribution in [2.45, 2.75) is 19.2 Å². The van der Waals surface area contributed by atoms with Crippen LogP contribution in [0.5, 0.6) is 0 Å². The molecule has 1 N–H and O–H groups in total. The first kappa shape index (κ1) is 25.8. The molecule has 2 atom stereocenters. The highest BCUT2D eigenvalue weighted by Gasteiger charge is 2.48. The molecule has 0 saturated heterocycles. The van der Waals surface area contributed by atoms with E-state index in [-0.39, 0.29) is 5.78 Å². The summed E-state index contributed by atoms with van der Waals surface area (Å²) >= 11 is 0. The summed E-state index contributed by atoms with van der Waals surface area (Å²) in [5.41, 5.74) is 0. The quantitative estimate of drug-likeness (QED) is 0.278. The van der Waals surface area contributed by atoms with Crippen LogP contribution in [-0.4, -0.2) is 22.9 Å². The third-order valence-electron chi connectivity index (χ3n) is 6.82. The Bertz CT molecular complexity index is 1430. The SMILES string of the molecule is CC(=O)C(C)(O)P1(C)=NP(c2ccccc2)(c2ccccc2)=NP(c2ccccc2)(c2ccccc2)=N1. The molecular formula is C29H30N3O2P3. The maximum Gasteiger partial charge on any atom is 0.172 e. The van der Waals surface area contributed by atoms with Crippen molar-refractivity contribution in [1.82, 2.24) is 0 Å². The zero-order chi connectivity index (χ0) is 26.2. The highest BCUT2D eigenvalue weighted by atomic mass is 31.3. The van der Waals surface area contributed by atoms with Crippen molar-refractivity contribution in [3.8, 4) is 0 Å². The second-order valence-corrected chi connectivity index (χ2v) is 18.6. The summed E-state index contributed by atoms with van der Waals surface area (Å²) in [7, 11) is -8.79. The lowest BCUT2D eigenvalue weighted by molar-refractivity contribution is -0.126. The van der Waals surface area contributed by atoms with Gasteiger partial charge in [-0.1, -0.05) is 121 Å². The molecule has 0 radical (unpaired) electrons. The number of benzene rings is 4. The highest BCUT2D eigenvalue weighted by molar-refractivity contribution is 7.97. The van der Waals surface area contributed by atoms with Crippen LogP contribution in [0.2, 0.25) is 0 Å². The molecule has 0 aromatic heterocycles. The number of hydrogen-bond donors (Lipinski definition) is 1. The third-order valence-corrected chi connectivity index (χ3v) is 19.8. The molecule has 0 amide bonds. The molecule has 5 nitrogen and oxygen atoms in total. The predicted molar refractivity (Wildman–Crippen MR) is 160 cm³/mol. The summed E-state index contributed by atoms with van der Waals surface area (Å²) in [6, 6.07) is 40.5. The lowest BCUT2D eigenvalue weighted by Gasteiger charge is -2.40. The first-order valence-corrected chi connectivity index (χ1v) is 17.6. The number of ketones is 1. The Balaban J connectivity index is 2.08. The topological polar surface area (TPSA) is 74.4 Å². The van der Waals surface area contributed by atoms with Crippen LogP contribution >= 0.6 is 21.6 Å². The smallest absolute Gasteiger partial charge is 0.172 e. The molecule has 37 heavy (non-hydrogen) atoms. The van der Waals surface area contributed by atoms with Crippen molar-refractivity contribution in [1.29, 1.82) is 0 Å². The van der Waals surface area contributed by atoms with Crippen molar-refractivity contribution in [3.05, 3.63) is 121 Å². The summed E-state index contributed by atoms with van der Waals surface area (Å²) in [4.78, 5) is 13.0. The van der Waals surface area contributed by atoms with Gasteiger partial charge in [-0.15, -0.1) is 0 Å². The number of Topliss-reactive ketones (excluding diaryl/α,β-unsaturated/α-hetero) is 1. The number of carbonyl (C=O) groups excluding carboxylic acids is 1. The Morgan fingerprint density at radius 2 is 0.892 bits per heavy atom. The Kier molecular flexibility index (Phi) is 6.86. The van der Waals surface area contributed by atoms with E-state index in [4.69, 9.17) is 13.5 Å². The lowest BCUT2D eigenvalue weighted by atomic mass is 10.3. The number of aliphatic hydroxyl groups is 1. The van der Waals surface area contributed by atoms with E-state index < -0.39 is 27.0 Å². The highest BCUT2D eigenvalue weighted by Crippen LogP contribution is 2.78. The van der Waals surface area contributed by atoms with Crippen LogP contribution in [-0.2, 0) is 4.79 Å². The monoisotopic (exact) mass is 545 g/mol. The molecule has 2 unspecified atom stereocenters. The Morgan fingerprint density at radius 1 is 0.595 bits per heavy atom. The molecule has 0 spiro atoms. The van der Waals surface area contributed by atoms with Gasteiger partial charge in [-0.05, 0) is 20.5 Å². The van der Waals surface area contributed by atoms with E-state index in [0.717, 1.165) is 21.2 Å². The molecule has 4 aromatic rings. The maximum atomic E-state index is 13.0. The molecule has 8 heteroatoms. The van der Waals surface area contributed by atoms with Gasteiger partial charge in [-0.3, -0.25) is 4.79 Å². The normalized spacial score (nSPS) is 21.4. The van der Waals surface area contributed by atoms with Crippen molar-refractivity contribution in [2.75, 3.05) is 6.66 Å². The van der Waals surface area contributed by atoms with E-state index in [0.29, 0.717) is 0 Å². The summed E-state index contributed by atoms with van der Waals surface area (Å²) < 4.78 is 16.7. The average molecular weight is 546 g/mol. The van der Waals surface area contributed by atoms with Gasteiger partial charge in [0.05, 0.1) is 0 Å². The van der Waals surface area contributed by atoms with Crippen molar-refractivity contribution in [2.24, 2.45) is 13.5 Å². The molecule has 4 aromatic carbocycles. The molecule has 1 heterocycles. The minimum atomic E-state index is -3.07. The van der Waals surface area contributed by atoms with Gasteiger partial charge in [0.25, 0.3) is 0 Å². The molecule has 0 fully saturated rings. The Morgan fingerprint density at radius 3 is 1.19 bits per heavy atom. The van der Waals surface area contributed by atoms with E-state index in [9.17, 15) is 9.90 Å². The molecule has 1 aliphatic rings. The van der Waals surface area contributed by atoms with Crippen molar-refractivity contribution in [3.63, 3.8) is 0 Å². The summed E-state index contributed by atoms with van der Waals surface area (Å²) in [5.74, 6) is -0.337. The summed E-state index contributed by atoms with van der Waals surface area (Å²) in [5, 5.41) is 14.0. The Labute approximate surface area is 219 Å². The summed E-state index contributed by atoms with van der Waals surface area (Å²) in [6.45, 7) is 4.90. The van der Waals surface area contributed by atoms with Gasteiger partial charge in [-0.2, -0.15) is 0 Å². The van der Waals surface area contributed by atoms with Gasteiger partial charge in [0.2, 0.25) is 0 Å². The molecule has 1 aliphatic heterocycles. The van der Waals surface area contributed by atoms with E-state index in [1.807, 2.05) is 79.5 Å². The zero-order valence-electron chi connectivity index (χ0n) is 21.1. The fourth-order valence-corrected chi connectivity index (χ4v) is 19.6. The maximum absolute atomic E-state index is 13.0. The molecule has 0 bridgehead atoms. The minimum absolute atomic E-state index is 0.337. The number of hydrogen-bond acceptors (Lipinski definition) is 5. The second-order valence-electron chi connectivity index (χ2n) is 9.30. The van der Waals surface area contributed by atoms with Crippen LogP contribution in [0.25, 0.3) is 0 Å². The largest absolute Gasteiger partial charge is 0.375 e. The van der Waals surface area contributed by atoms with E-state index in [1.54, 1.807) is 6.92 Å². The second kappa shape index (κ2) is 9.82. The lowest BCUT2D eigenvalue weighted by Crippen LogP contribution is -2.33. The van der Waals surface area contributed by atoms with E-state index >= 15 is 0 Å². The van der Waals surface area contributed by atoms with Crippen LogP contribution in [0.15, 0.2) is 135 Å². The fraction of sp³-hybridized carbons (Fsp3) is 0.138. The van der Waals surface area contributed by atoms with Crippen molar-refractivity contribution < 1.29 is 9.90 Å². The van der Waals surface area contributed by atoms with Crippen LogP contribution in [0.4, 0.5) is 0 Å². The first-order valence-electron chi connectivity index (χ1n) is 12.1. The van der Waals surface area contributed by atoms with Crippen LogP contribution < -0.4 is 21.2 Å². The zero-order valence-corrected chi connectivity index (χ0v) is 23.8. The van der Waals surface area contributed by atoms with Gasteiger partial charge in [0.1, 0.15) is 21.6 Å². The fourth-order valence-electron chi connectivity index (χ4n) is 4.47. The number of rotatable bonds is 6. The molecule has 188 valence electrons. The molecular weight excluding hydrogens is 515 g/mol. The van der Waals surface area contributed by atoms with Crippen LogP contribution in [0, 0.1) is 0 Å². The van der Waals surface area contributed by atoms with E-state index in [2.05, 4.69) is 48.5 Å². The summed E-state index contributed by atoms with van der Waals surface area (Å²) in [6.07, 6.45) is 0. The van der Waals surface area contributed by atoms with Gasteiger partial charge in [0.15, 0.2) is 11.1 Å². The third kappa shape index (κ3) is 4.35. The average Bonchev–Trinajstić information content (AvgIpc) is 2.94. The first-order chi connectivity index (χ1) is 17.7. The van der Waals surface area contributed by atoms with Crippen LogP contribution in [0.1, 0.15) is 13.8 Å². The van der Waals surface area contributed by atoms with Crippen molar-refractivity contribution >= 4 is 48.6 Å². The van der Waals surface area contributed by atoms with Gasteiger partial charge < -0.3 is 5.11 Å². The van der Waals surface area contributed by atoms with Crippen LogP contribution in [0.3, 0.4) is 0 Å².